The highest BCUT2D eigenvalue weighted by molar-refractivity contribution is 6.18. The minimum Gasteiger partial charge on any atom is -0.494 e. The predicted molar refractivity (Wildman–Crippen MR) is 55.4 cm³/mol. The summed E-state index contributed by atoms with van der Waals surface area (Å²) in [6.07, 6.45) is 0. The lowest BCUT2D eigenvalue weighted by atomic mass is 10.1. The van der Waals surface area contributed by atoms with E-state index in [-0.39, 0.29) is 17.2 Å². The lowest BCUT2D eigenvalue weighted by molar-refractivity contribution is 0.380. The molecule has 2 nitrogen and oxygen atoms in total. The van der Waals surface area contributed by atoms with Gasteiger partial charge in [-0.3, -0.25) is 0 Å². The Hall–Kier alpha value is -0.870. The molecule has 0 heterocycles. The molecule has 1 atom stereocenters. The number of hydrogen-bond acceptors (Lipinski definition) is 2. The fourth-order valence-corrected chi connectivity index (χ4v) is 1.60. The van der Waals surface area contributed by atoms with Gasteiger partial charge in [0, 0.05) is 23.6 Å². The lowest BCUT2D eigenvalue weighted by Gasteiger charge is -2.15. The van der Waals surface area contributed by atoms with E-state index in [1.165, 1.54) is 7.11 Å². The second-order valence-corrected chi connectivity index (χ2v) is 3.31. The molecule has 0 amide bonds. The normalized spacial score (nSPS) is 12.6. The molecule has 0 aliphatic heterocycles. The summed E-state index contributed by atoms with van der Waals surface area (Å²) in [4.78, 5) is 0. The Balaban J connectivity index is 3.14. The van der Waals surface area contributed by atoms with Crippen LogP contribution in [0, 0.1) is 11.6 Å². The number of hydrogen-bond donors (Lipinski definition) is 1. The smallest absolute Gasteiger partial charge is 0.165 e. The number of rotatable bonds is 4. The zero-order valence-corrected chi connectivity index (χ0v) is 9.24. The first-order valence-corrected chi connectivity index (χ1v) is 4.93. The molecular weight excluding hydrogens is 224 g/mol. The number of benzene rings is 1. The summed E-state index contributed by atoms with van der Waals surface area (Å²) < 4.78 is 31.5. The maximum atomic E-state index is 13.5. The van der Waals surface area contributed by atoms with Crippen LogP contribution < -0.4 is 10.1 Å². The molecule has 0 saturated carbocycles. The minimum absolute atomic E-state index is 0.110. The van der Waals surface area contributed by atoms with Gasteiger partial charge in [-0.1, -0.05) is 0 Å². The van der Waals surface area contributed by atoms with Gasteiger partial charge in [-0.2, -0.15) is 0 Å². The Kier molecular flexibility index (Phi) is 4.29. The third-order valence-corrected chi connectivity index (χ3v) is 2.46. The van der Waals surface area contributed by atoms with Gasteiger partial charge in [-0.05, 0) is 13.1 Å². The Morgan fingerprint density at radius 1 is 1.40 bits per heavy atom. The molecule has 1 unspecified atom stereocenters. The van der Waals surface area contributed by atoms with Crippen LogP contribution in [0.5, 0.6) is 5.75 Å². The zero-order chi connectivity index (χ0) is 11.4. The molecule has 0 spiro atoms. The molecule has 0 radical (unpaired) electrons. The quantitative estimate of drug-likeness (QED) is 0.810. The number of methoxy groups -OCH3 is 1. The van der Waals surface area contributed by atoms with Crippen LogP contribution >= 0.6 is 11.6 Å². The van der Waals surface area contributed by atoms with Gasteiger partial charge >= 0.3 is 0 Å². The topological polar surface area (TPSA) is 21.3 Å². The third kappa shape index (κ3) is 2.58. The molecule has 5 heteroatoms. The van der Waals surface area contributed by atoms with Gasteiger partial charge in [-0.25, -0.2) is 8.78 Å². The molecule has 0 fully saturated rings. The molecule has 84 valence electrons. The molecule has 0 saturated heterocycles. The highest BCUT2D eigenvalue weighted by Crippen LogP contribution is 2.25. The summed E-state index contributed by atoms with van der Waals surface area (Å²) in [5, 5.41) is 2.79. The Labute approximate surface area is 92.2 Å². The van der Waals surface area contributed by atoms with Gasteiger partial charge in [-0.15, -0.1) is 11.6 Å². The highest BCUT2D eigenvalue weighted by atomic mass is 35.5. The second kappa shape index (κ2) is 5.28. The molecule has 1 aromatic carbocycles. The van der Waals surface area contributed by atoms with Gasteiger partial charge in [0.2, 0.25) is 0 Å². The van der Waals surface area contributed by atoms with Crippen molar-refractivity contribution in [2.24, 2.45) is 0 Å². The molecule has 1 aromatic rings. The Morgan fingerprint density at radius 2 is 2.07 bits per heavy atom. The van der Waals surface area contributed by atoms with Crippen molar-refractivity contribution in [2.75, 3.05) is 20.0 Å². The van der Waals surface area contributed by atoms with Crippen LogP contribution in [0.1, 0.15) is 11.6 Å². The number of ether oxygens (including phenoxy) is 1. The van der Waals surface area contributed by atoms with Gasteiger partial charge < -0.3 is 10.1 Å². The van der Waals surface area contributed by atoms with E-state index in [1.807, 2.05) is 0 Å². The number of nitrogens with one attached hydrogen (secondary N) is 1. The summed E-state index contributed by atoms with van der Waals surface area (Å²) >= 11 is 5.62. The van der Waals surface area contributed by atoms with E-state index in [9.17, 15) is 8.78 Å². The monoisotopic (exact) mass is 235 g/mol. The second-order valence-electron chi connectivity index (χ2n) is 3.00. The number of alkyl halides is 1. The van der Waals surface area contributed by atoms with E-state index < -0.39 is 17.7 Å². The highest BCUT2D eigenvalue weighted by Gasteiger charge is 2.16. The summed E-state index contributed by atoms with van der Waals surface area (Å²) in [6, 6.07) is 1.70. The van der Waals surface area contributed by atoms with Crippen molar-refractivity contribution in [3.05, 3.63) is 29.3 Å². The van der Waals surface area contributed by atoms with Crippen LogP contribution in [0.2, 0.25) is 0 Å². The maximum absolute atomic E-state index is 13.5. The first-order chi connectivity index (χ1) is 7.13. The van der Waals surface area contributed by atoms with Crippen molar-refractivity contribution in [3.63, 3.8) is 0 Å². The number of halogens is 3. The average Bonchev–Trinajstić information content (AvgIpc) is 2.24. The molecular formula is C10H12ClF2NO. The molecule has 0 aliphatic carbocycles. The van der Waals surface area contributed by atoms with Crippen molar-refractivity contribution in [2.45, 2.75) is 6.04 Å². The first kappa shape index (κ1) is 12.2. The van der Waals surface area contributed by atoms with Crippen molar-refractivity contribution < 1.29 is 13.5 Å². The van der Waals surface area contributed by atoms with Crippen LogP contribution in [0.4, 0.5) is 8.78 Å². The Bertz CT molecular complexity index is 342. The Morgan fingerprint density at radius 3 is 2.53 bits per heavy atom. The molecule has 0 aromatic heterocycles. The van der Waals surface area contributed by atoms with E-state index in [2.05, 4.69) is 10.1 Å². The van der Waals surface area contributed by atoms with E-state index in [0.29, 0.717) is 0 Å². The standard InChI is InChI=1S/C10H12ClF2NO/c1-14-9(5-11)6-3-8(13)10(15-2)4-7(6)12/h3-4,9,14H,5H2,1-2H3. The molecule has 15 heavy (non-hydrogen) atoms. The zero-order valence-electron chi connectivity index (χ0n) is 8.48. The van der Waals surface area contributed by atoms with Crippen LogP contribution in [-0.4, -0.2) is 20.0 Å². The maximum Gasteiger partial charge on any atom is 0.165 e. The summed E-state index contributed by atoms with van der Waals surface area (Å²) in [7, 11) is 2.92. The predicted octanol–water partition coefficient (Wildman–Crippen LogP) is 2.47. The van der Waals surface area contributed by atoms with Gasteiger partial charge in [0.25, 0.3) is 0 Å². The molecule has 0 aliphatic rings. The van der Waals surface area contributed by atoms with Crippen molar-refractivity contribution >= 4 is 11.6 Å². The van der Waals surface area contributed by atoms with Crippen LogP contribution in [0.25, 0.3) is 0 Å². The fourth-order valence-electron chi connectivity index (χ4n) is 1.28. The van der Waals surface area contributed by atoms with Gasteiger partial charge in [0.15, 0.2) is 11.6 Å². The van der Waals surface area contributed by atoms with Crippen LogP contribution in [0.3, 0.4) is 0 Å². The summed E-state index contributed by atoms with van der Waals surface area (Å²) in [5.74, 6) is -1.08. The lowest BCUT2D eigenvalue weighted by Crippen LogP contribution is -2.19. The largest absolute Gasteiger partial charge is 0.494 e. The van der Waals surface area contributed by atoms with E-state index in [0.717, 1.165) is 12.1 Å². The SMILES string of the molecule is CNC(CCl)c1cc(F)c(OC)cc1F. The molecule has 0 bridgehead atoms. The van der Waals surface area contributed by atoms with Crippen LogP contribution in [-0.2, 0) is 0 Å². The van der Waals surface area contributed by atoms with E-state index >= 15 is 0 Å². The minimum atomic E-state index is -0.598. The van der Waals surface area contributed by atoms with E-state index in [1.54, 1.807) is 7.05 Å². The fraction of sp³-hybridized carbons (Fsp3) is 0.400. The summed E-state index contributed by atoms with van der Waals surface area (Å²) in [6.45, 7) is 0. The average molecular weight is 236 g/mol. The first-order valence-electron chi connectivity index (χ1n) is 4.40. The van der Waals surface area contributed by atoms with Gasteiger partial charge in [0.1, 0.15) is 5.82 Å². The van der Waals surface area contributed by atoms with Crippen molar-refractivity contribution in [1.29, 1.82) is 0 Å². The van der Waals surface area contributed by atoms with Gasteiger partial charge in [0.05, 0.1) is 7.11 Å². The summed E-state index contributed by atoms with van der Waals surface area (Å²) in [5.41, 5.74) is 0.200. The molecule has 1 rings (SSSR count). The van der Waals surface area contributed by atoms with Crippen molar-refractivity contribution in [1.82, 2.24) is 5.32 Å². The van der Waals surface area contributed by atoms with E-state index in [4.69, 9.17) is 11.6 Å². The van der Waals surface area contributed by atoms with Crippen molar-refractivity contribution in [3.8, 4) is 5.75 Å². The van der Waals surface area contributed by atoms with Crippen LogP contribution in [0.15, 0.2) is 12.1 Å². The third-order valence-electron chi connectivity index (χ3n) is 2.15. The molecule has 1 N–H and O–H groups in total.